The molecule has 0 N–H and O–H groups in total. The molecule has 10 heteroatoms. The minimum atomic E-state index is -4.04. The van der Waals surface area contributed by atoms with Gasteiger partial charge in [0.15, 0.2) is 8.32 Å². The predicted molar refractivity (Wildman–Crippen MR) is 174 cm³/mol. The number of amides is 1. The van der Waals surface area contributed by atoms with Crippen LogP contribution in [-0.2, 0) is 19.2 Å². The van der Waals surface area contributed by atoms with Crippen LogP contribution in [0.15, 0.2) is 89.6 Å². The summed E-state index contributed by atoms with van der Waals surface area (Å²) in [5.74, 6) is 0.714. The lowest BCUT2D eigenvalue weighted by Gasteiger charge is -2.41. The van der Waals surface area contributed by atoms with Crippen LogP contribution in [-0.4, -0.2) is 58.3 Å². The number of aryl methyl sites for hydroxylation is 1. The predicted octanol–water partition coefficient (Wildman–Crippen LogP) is 7.35. The molecule has 0 bridgehead atoms. The molecule has 3 aromatic rings. The third kappa shape index (κ3) is 5.78. The van der Waals surface area contributed by atoms with Crippen LogP contribution in [0.1, 0.15) is 49.9 Å². The molecular weight excluding hydrogens is 593 g/mol. The van der Waals surface area contributed by atoms with Crippen molar-refractivity contribution in [1.82, 2.24) is 9.21 Å². The number of fused-ring (bicyclic) bond motifs is 1. The van der Waals surface area contributed by atoms with Gasteiger partial charge in [-0.3, -0.25) is 4.90 Å². The Labute approximate surface area is 262 Å². The lowest BCUT2D eigenvalue weighted by molar-refractivity contribution is 0.0744. The standard InChI is InChI=1S/C34H42N2O6SSi/c1-23-14-20-27(21-15-23)43(38,39)35(5)32-30(24-12-10-9-11-13-24)28-22-29(42-44(7,8)34(2,3)4)31(36(28)33(37)41-32)25-16-18-26(40-6)19-17-25/h9-21,28-29,31H,22H2,1-8H3/t28?,29-,31+/m0/s1. The van der Waals surface area contributed by atoms with Crippen molar-refractivity contribution in [2.75, 3.05) is 14.2 Å². The zero-order valence-corrected chi connectivity index (χ0v) is 28.5. The van der Waals surface area contributed by atoms with E-state index < -0.39 is 36.5 Å². The van der Waals surface area contributed by atoms with E-state index in [1.54, 1.807) is 36.3 Å². The van der Waals surface area contributed by atoms with Crippen LogP contribution in [0.4, 0.5) is 4.79 Å². The van der Waals surface area contributed by atoms with Crippen molar-refractivity contribution in [2.45, 2.75) is 75.3 Å². The maximum Gasteiger partial charge on any atom is 0.417 e. The minimum absolute atomic E-state index is 0.00415. The molecule has 2 aliphatic rings. The van der Waals surface area contributed by atoms with Gasteiger partial charge in [0.1, 0.15) is 5.75 Å². The molecule has 1 unspecified atom stereocenters. The molecule has 5 rings (SSSR count). The first-order valence-corrected chi connectivity index (χ1v) is 19.2. The second-order valence-electron chi connectivity index (χ2n) is 13.0. The molecule has 8 nitrogen and oxygen atoms in total. The molecule has 0 aromatic heterocycles. The highest BCUT2D eigenvalue weighted by molar-refractivity contribution is 7.89. The summed E-state index contributed by atoms with van der Waals surface area (Å²) in [5, 5.41) is -0.0628. The SMILES string of the molecule is COc1ccc([C@@H]2[C@@H](O[Si](C)(C)C(C)(C)C)CC3C(c4ccccc4)=C(N(C)S(=O)(=O)c4ccc(C)cc4)OC(=O)N32)cc1. The molecular formula is C34H42N2O6SSi. The van der Waals surface area contributed by atoms with Crippen LogP contribution >= 0.6 is 0 Å². The number of sulfonamides is 1. The van der Waals surface area contributed by atoms with Crippen LogP contribution in [0, 0.1) is 6.92 Å². The third-order valence-electron chi connectivity index (χ3n) is 9.16. The number of methoxy groups -OCH3 is 1. The maximum atomic E-state index is 14.1. The van der Waals surface area contributed by atoms with Gasteiger partial charge in [-0.05, 0) is 66.9 Å². The number of hydrogen-bond acceptors (Lipinski definition) is 6. The normalized spacial score (nSPS) is 20.8. The molecule has 1 fully saturated rings. The molecule has 2 heterocycles. The van der Waals surface area contributed by atoms with Gasteiger partial charge in [0.2, 0.25) is 5.88 Å². The summed E-state index contributed by atoms with van der Waals surface area (Å²) in [6.07, 6.45) is -0.485. The van der Waals surface area contributed by atoms with Gasteiger partial charge in [0, 0.05) is 12.6 Å². The number of benzene rings is 3. The van der Waals surface area contributed by atoms with E-state index in [4.69, 9.17) is 13.9 Å². The van der Waals surface area contributed by atoms with Crippen LogP contribution in [0.25, 0.3) is 5.57 Å². The summed E-state index contributed by atoms with van der Waals surface area (Å²) in [4.78, 5) is 15.9. The zero-order chi connectivity index (χ0) is 32.0. The van der Waals surface area contributed by atoms with Crippen molar-refractivity contribution in [3.63, 3.8) is 0 Å². The monoisotopic (exact) mass is 634 g/mol. The van der Waals surface area contributed by atoms with E-state index in [9.17, 15) is 13.2 Å². The average Bonchev–Trinajstić information content (AvgIpc) is 3.35. The smallest absolute Gasteiger partial charge is 0.417 e. The van der Waals surface area contributed by atoms with E-state index in [0.29, 0.717) is 17.7 Å². The molecule has 1 amide bonds. The average molecular weight is 635 g/mol. The number of nitrogens with zero attached hydrogens (tertiary/aromatic N) is 2. The lowest BCUT2D eigenvalue weighted by Crippen LogP contribution is -2.47. The number of rotatable bonds is 8. The molecule has 0 radical (unpaired) electrons. The van der Waals surface area contributed by atoms with Crippen molar-refractivity contribution >= 4 is 30.0 Å². The van der Waals surface area contributed by atoms with Gasteiger partial charge in [0.05, 0.1) is 30.2 Å². The third-order valence-corrected chi connectivity index (χ3v) is 15.4. The van der Waals surface area contributed by atoms with Gasteiger partial charge < -0.3 is 13.9 Å². The van der Waals surface area contributed by atoms with Crippen LogP contribution < -0.4 is 4.74 Å². The molecule has 3 atom stereocenters. The van der Waals surface area contributed by atoms with E-state index in [2.05, 4.69) is 33.9 Å². The van der Waals surface area contributed by atoms with E-state index >= 15 is 0 Å². The van der Waals surface area contributed by atoms with Crippen molar-refractivity contribution in [3.05, 3.63) is 101 Å². The first kappa shape index (κ1) is 31.8. The number of hydrogen-bond donors (Lipinski definition) is 0. The Bertz CT molecular complexity index is 1650. The van der Waals surface area contributed by atoms with Gasteiger partial charge in [-0.15, -0.1) is 0 Å². The molecule has 2 aliphatic heterocycles. The summed E-state index contributed by atoms with van der Waals surface area (Å²) >= 11 is 0. The number of cyclic esters (lactones) is 1. The second kappa shape index (κ2) is 11.7. The van der Waals surface area contributed by atoms with Gasteiger partial charge in [-0.1, -0.05) is 80.9 Å². The molecule has 1 saturated heterocycles. The Morgan fingerprint density at radius 2 is 1.57 bits per heavy atom. The van der Waals surface area contributed by atoms with Gasteiger partial charge in [0.25, 0.3) is 10.0 Å². The summed E-state index contributed by atoms with van der Waals surface area (Å²) in [6.45, 7) is 12.9. The van der Waals surface area contributed by atoms with Crippen LogP contribution in [0.2, 0.25) is 18.1 Å². The molecule has 0 aliphatic carbocycles. The van der Waals surface area contributed by atoms with Crippen LogP contribution in [0.3, 0.4) is 0 Å². The number of carbonyl (C=O) groups excluding carboxylic acids is 1. The first-order valence-electron chi connectivity index (χ1n) is 14.8. The van der Waals surface area contributed by atoms with E-state index in [0.717, 1.165) is 21.0 Å². The number of ether oxygens (including phenoxy) is 2. The highest BCUT2D eigenvalue weighted by Gasteiger charge is 2.54. The van der Waals surface area contributed by atoms with Gasteiger partial charge >= 0.3 is 6.09 Å². The summed E-state index contributed by atoms with van der Waals surface area (Å²) in [7, 11) is -3.28. The fourth-order valence-electron chi connectivity index (χ4n) is 5.66. The van der Waals surface area contributed by atoms with Crippen molar-refractivity contribution in [2.24, 2.45) is 0 Å². The Kier molecular flexibility index (Phi) is 8.47. The molecule has 3 aromatic carbocycles. The molecule has 234 valence electrons. The quantitative estimate of drug-likeness (QED) is 0.241. The number of carbonyl (C=O) groups is 1. The van der Waals surface area contributed by atoms with Gasteiger partial charge in [-0.2, -0.15) is 0 Å². The minimum Gasteiger partial charge on any atom is -0.497 e. The fraction of sp³-hybridized carbons (Fsp3) is 0.382. The molecule has 0 spiro atoms. The summed E-state index contributed by atoms with van der Waals surface area (Å²) < 4.78 is 47.4. The zero-order valence-electron chi connectivity index (χ0n) is 26.7. The van der Waals surface area contributed by atoms with E-state index in [1.165, 1.54) is 7.05 Å². The lowest BCUT2D eigenvalue weighted by atomic mass is 9.95. The molecule has 0 saturated carbocycles. The van der Waals surface area contributed by atoms with Crippen molar-refractivity contribution in [1.29, 1.82) is 0 Å². The van der Waals surface area contributed by atoms with Crippen LogP contribution in [0.5, 0.6) is 5.75 Å². The summed E-state index contributed by atoms with van der Waals surface area (Å²) in [6, 6.07) is 22.9. The van der Waals surface area contributed by atoms with Crippen molar-refractivity contribution in [3.8, 4) is 5.75 Å². The first-order chi connectivity index (χ1) is 20.7. The topological polar surface area (TPSA) is 85.4 Å². The Morgan fingerprint density at radius 3 is 2.14 bits per heavy atom. The van der Waals surface area contributed by atoms with Crippen molar-refractivity contribution < 1.29 is 27.1 Å². The van der Waals surface area contributed by atoms with Gasteiger partial charge in [-0.25, -0.2) is 17.5 Å². The largest absolute Gasteiger partial charge is 0.497 e. The maximum absolute atomic E-state index is 14.1. The highest BCUT2D eigenvalue weighted by Crippen LogP contribution is 2.50. The Balaban J connectivity index is 1.67. The second-order valence-corrected chi connectivity index (χ2v) is 19.8. The molecule has 44 heavy (non-hydrogen) atoms. The summed E-state index contributed by atoms with van der Waals surface area (Å²) in [5.41, 5.74) is 3.24. The van der Waals surface area contributed by atoms with E-state index in [1.807, 2.05) is 61.5 Å². The highest BCUT2D eigenvalue weighted by atomic mass is 32.2. The Hall–Kier alpha value is -3.60. The van der Waals surface area contributed by atoms with E-state index in [-0.39, 0.29) is 21.9 Å². The Morgan fingerprint density at radius 1 is 0.955 bits per heavy atom. The fourth-order valence-corrected chi connectivity index (χ4v) is 8.14.